The average Bonchev–Trinajstić information content (AvgIpc) is 3.06. The van der Waals surface area contributed by atoms with Crippen molar-refractivity contribution in [1.29, 1.82) is 5.26 Å². The second kappa shape index (κ2) is 6.36. The second-order valence-electron chi connectivity index (χ2n) is 5.02. The first-order valence-electron chi connectivity index (χ1n) is 6.97. The van der Waals surface area contributed by atoms with Gasteiger partial charge in [-0.15, -0.1) is 18.3 Å². The zero-order chi connectivity index (χ0) is 18.9. The van der Waals surface area contributed by atoms with Gasteiger partial charge in [0.15, 0.2) is 17.4 Å². The van der Waals surface area contributed by atoms with Crippen LogP contribution in [0.15, 0.2) is 42.7 Å². The third-order valence-electron chi connectivity index (χ3n) is 3.26. The van der Waals surface area contributed by atoms with E-state index in [9.17, 15) is 22.7 Å². The van der Waals surface area contributed by atoms with E-state index in [1.165, 1.54) is 24.5 Å². The van der Waals surface area contributed by atoms with Gasteiger partial charge in [-0.3, -0.25) is 0 Å². The van der Waals surface area contributed by atoms with Crippen LogP contribution in [-0.2, 0) is 0 Å². The molecule has 10 heteroatoms. The highest BCUT2D eigenvalue weighted by atomic mass is 19.4. The lowest BCUT2D eigenvalue weighted by Crippen LogP contribution is -2.16. The largest absolute Gasteiger partial charge is 0.573 e. The monoisotopic (exact) mass is 364 g/mol. The molecule has 0 aliphatic carbocycles. The van der Waals surface area contributed by atoms with E-state index in [2.05, 4.69) is 14.8 Å². The lowest BCUT2D eigenvalue weighted by molar-refractivity contribution is -0.274. The molecule has 0 unspecified atom stereocenters. The van der Waals surface area contributed by atoms with Crippen LogP contribution in [0.25, 0.3) is 17.1 Å². The molecule has 0 saturated carbocycles. The molecule has 0 bridgehead atoms. The Morgan fingerprint density at radius 2 is 1.85 bits per heavy atom. The van der Waals surface area contributed by atoms with Gasteiger partial charge < -0.3 is 9.84 Å². The van der Waals surface area contributed by atoms with Gasteiger partial charge in [-0.2, -0.15) is 5.26 Å². The molecule has 26 heavy (non-hydrogen) atoms. The Balaban J connectivity index is 1.92. The van der Waals surface area contributed by atoms with Gasteiger partial charge in [0, 0.05) is 5.56 Å². The van der Waals surface area contributed by atoms with Crippen LogP contribution in [0.3, 0.4) is 0 Å². The average molecular weight is 364 g/mol. The Morgan fingerprint density at radius 3 is 2.46 bits per heavy atom. The van der Waals surface area contributed by atoms with Gasteiger partial charge in [0.2, 0.25) is 0 Å². The number of alkyl halides is 3. The van der Waals surface area contributed by atoms with Crippen LogP contribution < -0.4 is 4.74 Å². The molecule has 0 aliphatic rings. The quantitative estimate of drug-likeness (QED) is 0.719. The van der Waals surface area contributed by atoms with E-state index in [1.807, 2.05) is 0 Å². The fourth-order valence-electron chi connectivity index (χ4n) is 2.14. The molecule has 0 atom stereocenters. The van der Waals surface area contributed by atoms with E-state index in [-0.39, 0.29) is 17.1 Å². The van der Waals surface area contributed by atoms with Crippen molar-refractivity contribution in [3.8, 4) is 34.6 Å². The highest BCUT2D eigenvalue weighted by Crippen LogP contribution is 2.28. The Hall–Kier alpha value is -3.61. The van der Waals surface area contributed by atoms with Crippen LogP contribution in [-0.4, -0.2) is 26.2 Å². The molecule has 1 aromatic heterocycles. The lowest BCUT2D eigenvalue weighted by atomic mass is 10.2. The SMILES string of the molecule is N#Cc1cc(F)c(O)c(-n2cnc(-c3ccc(OC(F)(F)F)cc3)n2)c1. The molecule has 3 rings (SSSR count). The smallest absolute Gasteiger partial charge is 0.503 e. The molecule has 0 aliphatic heterocycles. The molecule has 1 N–H and O–H groups in total. The van der Waals surface area contributed by atoms with E-state index >= 15 is 0 Å². The molecule has 0 amide bonds. The third-order valence-corrected chi connectivity index (χ3v) is 3.26. The number of phenolic OH excluding ortho intramolecular Hbond substituents is 1. The summed E-state index contributed by atoms with van der Waals surface area (Å²) in [6, 6.07) is 8.65. The summed E-state index contributed by atoms with van der Waals surface area (Å²) in [6.07, 6.45) is -3.63. The zero-order valence-electron chi connectivity index (χ0n) is 12.7. The van der Waals surface area contributed by atoms with Gasteiger partial charge in [-0.05, 0) is 36.4 Å². The third kappa shape index (κ3) is 3.56. The van der Waals surface area contributed by atoms with Crippen LogP contribution in [0, 0.1) is 17.1 Å². The first-order chi connectivity index (χ1) is 12.3. The topological polar surface area (TPSA) is 84.0 Å². The van der Waals surface area contributed by atoms with Gasteiger partial charge in [0.05, 0.1) is 11.6 Å². The number of benzene rings is 2. The molecule has 0 saturated heterocycles. The number of nitrogens with zero attached hydrogens (tertiary/aromatic N) is 4. The van der Waals surface area contributed by atoms with Crippen LogP contribution in [0.1, 0.15) is 5.56 Å². The summed E-state index contributed by atoms with van der Waals surface area (Å²) in [6.45, 7) is 0. The molecule has 0 radical (unpaired) electrons. The number of hydrogen-bond donors (Lipinski definition) is 1. The molecule has 0 fully saturated rings. The van der Waals surface area contributed by atoms with Gasteiger partial charge in [-0.25, -0.2) is 14.1 Å². The fourth-order valence-corrected chi connectivity index (χ4v) is 2.14. The summed E-state index contributed by atoms with van der Waals surface area (Å²) >= 11 is 0. The van der Waals surface area contributed by atoms with Crippen molar-refractivity contribution in [3.05, 3.63) is 54.1 Å². The van der Waals surface area contributed by atoms with Gasteiger partial charge in [0.1, 0.15) is 17.8 Å². The first-order valence-corrected chi connectivity index (χ1v) is 6.97. The number of rotatable bonds is 3. The predicted molar refractivity (Wildman–Crippen MR) is 79.8 cm³/mol. The highest BCUT2D eigenvalue weighted by Gasteiger charge is 2.31. The summed E-state index contributed by atoms with van der Waals surface area (Å²) in [5, 5.41) is 22.7. The summed E-state index contributed by atoms with van der Waals surface area (Å²) < 4.78 is 55.0. The molecule has 132 valence electrons. The minimum absolute atomic E-state index is 0.0268. The van der Waals surface area contributed by atoms with Crippen LogP contribution in [0.2, 0.25) is 0 Å². The van der Waals surface area contributed by atoms with Crippen LogP contribution in [0.5, 0.6) is 11.5 Å². The Bertz CT molecular complexity index is 991. The van der Waals surface area contributed by atoms with Crippen LogP contribution in [0.4, 0.5) is 17.6 Å². The number of hydrogen-bond acceptors (Lipinski definition) is 5. The number of ether oxygens (including phenoxy) is 1. The number of phenols is 1. The number of aromatic nitrogens is 3. The number of aromatic hydroxyl groups is 1. The maximum atomic E-state index is 13.7. The van der Waals surface area contributed by atoms with E-state index < -0.39 is 23.7 Å². The predicted octanol–water partition coefficient (Wildman–Crippen LogP) is 3.55. The van der Waals surface area contributed by atoms with E-state index in [1.54, 1.807) is 6.07 Å². The van der Waals surface area contributed by atoms with Crippen molar-refractivity contribution in [2.75, 3.05) is 0 Å². The van der Waals surface area contributed by atoms with Gasteiger partial charge >= 0.3 is 6.36 Å². The van der Waals surface area contributed by atoms with Gasteiger partial charge in [-0.1, -0.05) is 0 Å². The van der Waals surface area contributed by atoms with Crippen molar-refractivity contribution < 1.29 is 27.4 Å². The molecular weight excluding hydrogens is 356 g/mol. The molecule has 1 heterocycles. The summed E-state index contributed by atoms with van der Waals surface area (Å²) in [5.41, 5.74) is 0.244. The molecule has 2 aromatic carbocycles. The van der Waals surface area contributed by atoms with Crippen LogP contribution >= 0.6 is 0 Å². The second-order valence-corrected chi connectivity index (χ2v) is 5.02. The van der Waals surface area contributed by atoms with E-state index in [0.717, 1.165) is 22.9 Å². The minimum Gasteiger partial charge on any atom is -0.503 e. The zero-order valence-corrected chi connectivity index (χ0v) is 12.7. The highest BCUT2D eigenvalue weighted by molar-refractivity contribution is 5.57. The van der Waals surface area contributed by atoms with Crippen molar-refractivity contribution in [2.24, 2.45) is 0 Å². The lowest BCUT2D eigenvalue weighted by Gasteiger charge is -2.08. The van der Waals surface area contributed by atoms with Crippen molar-refractivity contribution in [2.45, 2.75) is 6.36 Å². The fraction of sp³-hybridized carbons (Fsp3) is 0.0625. The molecule has 0 spiro atoms. The number of halogens is 4. The Labute approximate surface area is 143 Å². The first kappa shape index (κ1) is 17.2. The van der Waals surface area contributed by atoms with Crippen molar-refractivity contribution in [1.82, 2.24) is 14.8 Å². The van der Waals surface area contributed by atoms with Crippen molar-refractivity contribution >= 4 is 0 Å². The standard InChI is InChI=1S/C16H8F4N4O2/c17-12-5-9(7-21)6-13(14(12)25)24-8-22-15(23-24)10-1-3-11(4-2-10)26-16(18,19)20/h1-6,8,25H. The maximum Gasteiger partial charge on any atom is 0.573 e. The minimum atomic E-state index is -4.80. The Morgan fingerprint density at radius 1 is 1.15 bits per heavy atom. The number of nitriles is 1. The van der Waals surface area contributed by atoms with Gasteiger partial charge in [0.25, 0.3) is 0 Å². The summed E-state index contributed by atoms with van der Waals surface area (Å²) in [7, 11) is 0. The molecule has 6 nitrogen and oxygen atoms in total. The summed E-state index contributed by atoms with van der Waals surface area (Å²) in [4.78, 5) is 3.97. The van der Waals surface area contributed by atoms with Crippen molar-refractivity contribution in [3.63, 3.8) is 0 Å². The molecule has 3 aromatic rings. The van der Waals surface area contributed by atoms with E-state index in [0.29, 0.717) is 5.56 Å². The Kier molecular flexibility index (Phi) is 4.21. The normalized spacial score (nSPS) is 11.2. The van der Waals surface area contributed by atoms with E-state index in [4.69, 9.17) is 5.26 Å². The molecular formula is C16H8F4N4O2. The maximum absolute atomic E-state index is 13.7. The summed E-state index contributed by atoms with van der Waals surface area (Å²) in [5.74, 6) is -1.99.